The first-order valence-electron chi connectivity index (χ1n) is 15.7. The monoisotopic (exact) mass is 633 g/mol. The Kier molecular flexibility index (Phi) is 11.6. The van der Waals surface area contributed by atoms with Gasteiger partial charge in [-0.3, -0.25) is 23.9 Å². The molecule has 2 heterocycles. The summed E-state index contributed by atoms with van der Waals surface area (Å²) in [6.45, 7) is 9.88. The van der Waals surface area contributed by atoms with Gasteiger partial charge in [0, 0.05) is 57.2 Å². The average Bonchev–Trinajstić information content (AvgIpc) is 3.55. The van der Waals surface area contributed by atoms with Crippen LogP contribution in [0.1, 0.15) is 67.7 Å². The molecule has 0 spiro atoms. The minimum atomic E-state index is -1.04. The molecule has 3 N–H and O–H groups in total. The molecule has 1 saturated heterocycles. The molecule has 2 aromatic carbocycles. The van der Waals surface area contributed by atoms with Gasteiger partial charge in [-0.1, -0.05) is 50.2 Å². The van der Waals surface area contributed by atoms with Crippen molar-refractivity contribution in [1.82, 2.24) is 30.2 Å². The van der Waals surface area contributed by atoms with Gasteiger partial charge in [0.25, 0.3) is 5.91 Å². The second-order valence-corrected chi connectivity index (χ2v) is 12.0. The van der Waals surface area contributed by atoms with Crippen molar-refractivity contribution in [3.8, 4) is 0 Å². The first-order valence-corrected chi connectivity index (χ1v) is 15.7. The Morgan fingerprint density at radius 3 is 2.26 bits per heavy atom. The molecule has 12 heteroatoms. The Balaban J connectivity index is 1.52. The molecule has 246 valence electrons. The summed E-state index contributed by atoms with van der Waals surface area (Å²) in [7, 11) is 1.99. The van der Waals surface area contributed by atoms with E-state index in [4.69, 9.17) is 0 Å². The van der Waals surface area contributed by atoms with Gasteiger partial charge in [0.05, 0.1) is 5.69 Å². The second-order valence-electron chi connectivity index (χ2n) is 12.0. The zero-order valence-corrected chi connectivity index (χ0v) is 27.1. The summed E-state index contributed by atoms with van der Waals surface area (Å²) in [6, 6.07) is 13.2. The molecule has 11 nitrogen and oxygen atoms in total. The van der Waals surface area contributed by atoms with E-state index in [-0.39, 0.29) is 36.4 Å². The van der Waals surface area contributed by atoms with E-state index in [2.05, 4.69) is 25.9 Å². The largest absolute Gasteiger partial charge is 0.344 e. The number of halogens is 1. The molecule has 0 saturated carbocycles. The Morgan fingerprint density at radius 1 is 0.935 bits per heavy atom. The topological polar surface area (TPSA) is 129 Å². The van der Waals surface area contributed by atoms with Gasteiger partial charge in [-0.05, 0) is 50.2 Å². The molecule has 0 aliphatic carbocycles. The highest BCUT2D eigenvalue weighted by Gasteiger charge is 2.31. The van der Waals surface area contributed by atoms with Crippen molar-refractivity contribution in [3.63, 3.8) is 0 Å². The maximum absolute atomic E-state index is 15.5. The normalized spacial score (nSPS) is 15.6. The molecule has 4 rings (SSSR count). The lowest BCUT2D eigenvalue weighted by Gasteiger charge is -2.34. The maximum Gasteiger partial charge on any atom is 0.270 e. The second kappa shape index (κ2) is 15.6. The number of carbonyl (C=O) groups excluding carboxylic acids is 4. The summed E-state index contributed by atoms with van der Waals surface area (Å²) in [4.78, 5) is 56.5. The number of hydrogen-bond acceptors (Lipinski definition) is 6. The third-order valence-corrected chi connectivity index (χ3v) is 8.29. The molecule has 0 bridgehead atoms. The predicted molar refractivity (Wildman–Crippen MR) is 174 cm³/mol. The number of rotatable bonds is 12. The van der Waals surface area contributed by atoms with Gasteiger partial charge in [0.15, 0.2) is 0 Å². The molecule has 0 radical (unpaired) electrons. The van der Waals surface area contributed by atoms with Crippen LogP contribution in [0, 0.1) is 5.82 Å². The van der Waals surface area contributed by atoms with Crippen molar-refractivity contribution >= 4 is 29.3 Å². The van der Waals surface area contributed by atoms with Crippen LogP contribution in [0.15, 0.2) is 60.8 Å². The maximum atomic E-state index is 15.5. The van der Waals surface area contributed by atoms with E-state index < -0.39 is 35.6 Å². The van der Waals surface area contributed by atoms with E-state index in [1.54, 1.807) is 28.6 Å². The molecule has 3 atom stereocenters. The Morgan fingerprint density at radius 2 is 1.63 bits per heavy atom. The summed E-state index contributed by atoms with van der Waals surface area (Å²) in [6.07, 6.45) is 1.83. The van der Waals surface area contributed by atoms with E-state index in [0.29, 0.717) is 24.3 Å². The van der Waals surface area contributed by atoms with Crippen LogP contribution in [0.5, 0.6) is 0 Å². The quantitative estimate of drug-likeness (QED) is 0.281. The first kappa shape index (κ1) is 34.3. The molecule has 1 fully saturated rings. The summed E-state index contributed by atoms with van der Waals surface area (Å²) in [5.74, 6) is -2.70. The van der Waals surface area contributed by atoms with Gasteiger partial charge in [-0.2, -0.15) is 5.10 Å². The van der Waals surface area contributed by atoms with Crippen LogP contribution in [0.3, 0.4) is 0 Å². The average molecular weight is 634 g/mol. The molecular formula is C34H44FN7O4. The van der Waals surface area contributed by atoms with E-state index in [0.717, 1.165) is 18.7 Å². The predicted octanol–water partition coefficient (Wildman–Crippen LogP) is 3.36. The van der Waals surface area contributed by atoms with Gasteiger partial charge in [0.2, 0.25) is 17.7 Å². The number of amides is 4. The van der Waals surface area contributed by atoms with E-state index in [1.165, 1.54) is 18.3 Å². The van der Waals surface area contributed by atoms with E-state index in [1.807, 2.05) is 58.2 Å². The summed E-state index contributed by atoms with van der Waals surface area (Å²) >= 11 is 0. The van der Waals surface area contributed by atoms with Crippen molar-refractivity contribution in [2.75, 3.05) is 38.5 Å². The van der Waals surface area contributed by atoms with Gasteiger partial charge >= 0.3 is 0 Å². The zero-order valence-electron chi connectivity index (χ0n) is 27.1. The number of piperazine rings is 1. The van der Waals surface area contributed by atoms with Crippen LogP contribution < -0.4 is 16.0 Å². The summed E-state index contributed by atoms with van der Waals surface area (Å²) in [5, 5.41) is 12.5. The lowest BCUT2D eigenvalue weighted by Crippen LogP contribution is -2.54. The van der Waals surface area contributed by atoms with Crippen LogP contribution in [-0.2, 0) is 20.8 Å². The molecule has 3 aromatic rings. The fourth-order valence-electron chi connectivity index (χ4n) is 5.46. The summed E-state index contributed by atoms with van der Waals surface area (Å²) in [5.41, 5.74) is 1.55. The number of aromatic nitrogens is 2. The van der Waals surface area contributed by atoms with Crippen molar-refractivity contribution in [1.29, 1.82) is 0 Å². The van der Waals surface area contributed by atoms with Crippen molar-refractivity contribution in [2.24, 2.45) is 0 Å². The molecular weight excluding hydrogens is 589 g/mol. The molecule has 4 amide bonds. The number of likely N-dealkylation sites (N-methyl/N-ethyl adjacent to an activating group) is 1. The first-order chi connectivity index (χ1) is 22.0. The van der Waals surface area contributed by atoms with Crippen LogP contribution in [-0.4, -0.2) is 88.5 Å². The number of benzene rings is 2. The van der Waals surface area contributed by atoms with Gasteiger partial charge < -0.3 is 25.8 Å². The molecule has 46 heavy (non-hydrogen) atoms. The van der Waals surface area contributed by atoms with Gasteiger partial charge in [-0.25, -0.2) is 4.39 Å². The fourth-order valence-corrected chi connectivity index (χ4v) is 5.46. The van der Waals surface area contributed by atoms with Crippen LogP contribution >= 0.6 is 0 Å². The smallest absolute Gasteiger partial charge is 0.270 e. The highest BCUT2D eigenvalue weighted by Crippen LogP contribution is 2.23. The van der Waals surface area contributed by atoms with Gasteiger partial charge in [0.1, 0.15) is 23.6 Å². The molecule has 1 unspecified atom stereocenters. The number of nitrogens with zero attached hydrogens (tertiary/aromatic N) is 4. The number of carbonyl (C=O) groups is 4. The number of hydrogen-bond donors (Lipinski definition) is 3. The SMILES string of the molecule is CCC(=O)N[C@H](Cc1ccc(NC(=O)C(NC(=O)c2ccnn2C(C)C)[C@@H](C)c2ccccc2)c(F)c1)C(=O)N1CCN(C)CC1. The highest BCUT2D eigenvalue weighted by molar-refractivity contribution is 6.01. The fraction of sp³-hybridized carbons (Fsp3) is 0.441. The zero-order chi connectivity index (χ0) is 33.4. The third kappa shape index (κ3) is 8.57. The highest BCUT2D eigenvalue weighted by atomic mass is 19.1. The molecule has 1 aromatic heterocycles. The third-order valence-electron chi connectivity index (χ3n) is 8.29. The minimum Gasteiger partial charge on any atom is -0.344 e. The number of nitrogens with one attached hydrogen (secondary N) is 3. The summed E-state index contributed by atoms with van der Waals surface area (Å²) < 4.78 is 17.1. The van der Waals surface area contributed by atoms with Crippen molar-refractivity contribution in [3.05, 3.63) is 83.4 Å². The van der Waals surface area contributed by atoms with Crippen LogP contribution in [0.2, 0.25) is 0 Å². The van der Waals surface area contributed by atoms with Crippen molar-refractivity contribution < 1.29 is 23.6 Å². The molecule has 1 aliphatic heterocycles. The lowest BCUT2D eigenvalue weighted by molar-refractivity contribution is -0.137. The number of anilines is 1. The molecule has 1 aliphatic rings. The van der Waals surface area contributed by atoms with Gasteiger partial charge in [-0.15, -0.1) is 0 Å². The minimum absolute atomic E-state index is 0.0694. The van der Waals surface area contributed by atoms with Crippen LogP contribution in [0.25, 0.3) is 0 Å². The van der Waals surface area contributed by atoms with E-state index >= 15 is 4.39 Å². The standard InChI is InChI=1S/C34H44FN7O4/c1-6-30(43)37-28(34(46)41-18-16-40(5)17-19-41)21-24-12-13-27(26(35)20-24)38-33(45)31(23(4)25-10-8-7-9-11-25)39-32(44)29-14-15-36-42(29)22(2)3/h7-15,20,22-23,28,31H,6,16-19,21H2,1-5H3,(H,37,43)(H,38,45)(H,39,44)/t23-,28+,31?/m0/s1. The Hall–Kier alpha value is -4.58. The van der Waals surface area contributed by atoms with Crippen molar-refractivity contribution in [2.45, 2.75) is 64.6 Å². The lowest BCUT2D eigenvalue weighted by atomic mass is 9.92. The van der Waals surface area contributed by atoms with Crippen LogP contribution in [0.4, 0.5) is 10.1 Å². The Labute approximate surface area is 269 Å². The van der Waals surface area contributed by atoms with E-state index in [9.17, 15) is 19.2 Å². The Bertz CT molecular complexity index is 1520.